The Morgan fingerprint density at radius 3 is 2.38 bits per heavy atom. The number of likely N-dealkylation sites (tertiary alicyclic amines) is 1. The first-order chi connectivity index (χ1) is 10.0. The van der Waals surface area contributed by atoms with E-state index in [0.717, 1.165) is 0 Å². The van der Waals surface area contributed by atoms with Crippen molar-refractivity contribution in [2.24, 2.45) is 11.1 Å². The molecule has 0 unspecified atom stereocenters. The van der Waals surface area contributed by atoms with Gasteiger partial charge < -0.3 is 10.6 Å². The van der Waals surface area contributed by atoms with Crippen molar-refractivity contribution >= 4 is 0 Å². The van der Waals surface area contributed by atoms with E-state index in [-0.39, 0.29) is 6.04 Å². The van der Waals surface area contributed by atoms with Gasteiger partial charge in [-0.1, -0.05) is 50.5 Å². The van der Waals surface area contributed by atoms with Gasteiger partial charge in [-0.3, -0.25) is 0 Å². The van der Waals surface area contributed by atoms with Gasteiger partial charge in [0.25, 0.3) is 0 Å². The van der Waals surface area contributed by atoms with Crippen molar-refractivity contribution in [1.82, 2.24) is 4.90 Å². The van der Waals surface area contributed by atoms with Crippen LogP contribution in [-0.4, -0.2) is 25.0 Å². The number of hydrogen-bond acceptors (Lipinski definition) is 2. The van der Waals surface area contributed by atoms with Crippen LogP contribution in [-0.2, 0) is 6.42 Å². The maximum atomic E-state index is 6.55. The second kappa shape index (κ2) is 6.93. The first-order valence-corrected chi connectivity index (χ1v) is 8.56. The zero-order chi connectivity index (χ0) is 15.5. The fraction of sp³-hybridized carbons (Fsp3) is 0.684. The molecule has 3 rings (SSSR count). The molecule has 0 aromatic heterocycles. The van der Waals surface area contributed by atoms with Crippen LogP contribution in [0.3, 0.4) is 0 Å². The lowest BCUT2D eigenvalue weighted by molar-refractivity contribution is 0.106. The topological polar surface area (TPSA) is 29.3 Å². The van der Waals surface area contributed by atoms with Gasteiger partial charge in [0.15, 0.2) is 0 Å². The number of benzene rings is 1. The molecule has 1 aromatic rings. The molecule has 2 aliphatic rings. The Labute approximate surface area is 130 Å². The molecule has 1 fully saturated rings. The first kappa shape index (κ1) is 16.5. The van der Waals surface area contributed by atoms with Crippen LogP contribution < -0.4 is 5.73 Å². The summed E-state index contributed by atoms with van der Waals surface area (Å²) < 4.78 is 0. The van der Waals surface area contributed by atoms with E-state index in [4.69, 9.17) is 5.73 Å². The van der Waals surface area contributed by atoms with E-state index in [9.17, 15) is 0 Å². The van der Waals surface area contributed by atoms with Crippen LogP contribution in [0.2, 0.25) is 0 Å². The smallest absolute Gasteiger partial charge is 0.0359 e. The Bertz CT molecular complexity index is 457. The number of nitrogens with two attached hydrogens (primary N) is 1. The van der Waals surface area contributed by atoms with Crippen molar-refractivity contribution in [3.63, 3.8) is 0 Å². The normalized spacial score (nSPS) is 23.6. The third-order valence-corrected chi connectivity index (χ3v) is 5.32. The van der Waals surface area contributed by atoms with Crippen molar-refractivity contribution in [3.05, 3.63) is 34.9 Å². The molecule has 1 atom stereocenters. The summed E-state index contributed by atoms with van der Waals surface area (Å²) in [6, 6.07) is 7.07. The third kappa shape index (κ3) is 3.49. The SMILES string of the molecule is CCCC.Cc1ccc2c(c1)[C@@H](N)C1(CCN(C)CC1)C2. The number of rotatable bonds is 1. The molecule has 1 aliphatic carbocycles. The molecule has 1 heterocycles. The van der Waals surface area contributed by atoms with Crippen LogP contribution in [0, 0.1) is 12.3 Å². The summed E-state index contributed by atoms with van der Waals surface area (Å²) in [4.78, 5) is 2.42. The lowest BCUT2D eigenvalue weighted by Gasteiger charge is -2.41. The van der Waals surface area contributed by atoms with E-state index in [1.54, 1.807) is 0 Å². The highest BCUT2D eigenvalue weighted by Crippen LogP contribution is 2.50. The lowest BCUT2D eigenvalue weighted by atomic mass is 9.73. The van der Waals surface area contributed by atoms with Gasteiger partial charge >= 0.3 is 0 Å². The molecular formula is C19H32N2. The average Bonchev–Trinajstić information content (AvgIpc) is 2.76. The summed E-state index contributed by atoms with van der Waals surface area (Å²) in [5.74, 6) is 0. The van der Waals surface area contributed by atoms with E-state index >= 15 is 0 Å². The largest absolute Gasteiger partial charge is 0.323 e. The minimum atomic E-state index is 0.256. The molecule has 1 aromatic carbocycles. The molecule has 2 nitrogen and oxygen atoms in total. The standard InChI is InChI=1S/C15H22N2.C4H10/c1-11-3-4-12-10-15(14(16)13(12)9-11)5-7-17(2)8-6-15;1-3-4-2/h3-4,9,14H,5-8,10,16H2,1-2H3;3-4H2,1-2H3/t14-;/m1./s1. The van der Waals surface area contributed by atoms with Gasteiger partial charge in [-0.15, -0.1) is 0 Å². The van der Waals surface area contributed by atoms with Crippen LogP contribution in [0.1, 0.15) is 62.3 Å². The highest BCUT2D eigenvalue weighted by atomic mass is 15.1. The Morgan fingerprint density at radius 2 is 1.81 bits per heavy atom. The maximum absolute atomic E-state index is 6.55. The highest BCUT2D eigenvalue weighted by Gasteiger charge is 2.45. The molecule has 1 spiro atoms. The van der Waals surface area contributed by atoms with Gasteiger partial charge in [0.05, 0.1) is 0 Å². The van der Waals surface area contributed by atoms with E-state index in [1.807, 2.05) is 0 Å². The van der Waals surface area contributed by atoms with Gasteiger partial charge in [-0.2, -0.15) is 0 Å². The number of aryl methyl sites for hydroxylation is 1. The van der Waals surface area contributed by atoms with Gasteiger partial charge in [-0.25, -0.2) is 0 Å². The van der Waals surface area contributed by atoms with E-state index in [2.05, 4.69) is 50.9 Å². The number of unbranched alkanes of at least 4 members (excludes halogenated alkanes) is 1. The van der Waals surface area contributed by atoms with Gasteiger partial charge in [-0.05, 0) is 62.9 Å². The zero-order valence-corrected chi connectivity index (χ0v) is 14.3. The monoisotopic (exact) mass is 288 g/mol. The summed E-state index contributed by atoms with van der Waals surface area (Å²) in [6.07, 6.45) is 6.33. The molecule has 0 bridgehead atoms. The van der Waals surface area contributed by atoms with Gasteiger partial charge in [0.1, 0.15) is 0 Å². The van der Waals surface area contributed by atoms with Crippen molar-refractivity contribution in [1.29, 1.82) is 0 Å². The fourth-order valence-electron chi connectivity index (χ4n) is 3.54. The molecule has 2 heteroatoms. The second-order valence-electron chi connectivity index (χ2n) is 7.02. The minimum Gasteiger partial charge on any atom is -0.323 e. The first-order valence-electron chi connectivity index (χ1n) is 8.56. The van der Waals surface area contributed by atoms with Crippen molar-refractivity contribution in [2.45, 2.75) is 58.9 Å². The predicted octanol–water partition coefficient (Wildman–Crippen LogP) is 4.07. The van der Waals surface area contributed by atoms with E-state index in [0.29, 0.717) is 5.41 Å². The average molecular weight is 288 g/mol. The number of fused-ring (bicyclic) bond motifs is 1. The maximum Gasteiger partial charge on any atom is 0.0359 e. The lowest BCUT2D eigenvalue weighted by Crippen LogP contribution is -2.42. The van der Waals surface area contributed by atoms with Crippen LogP contribution in [0.5, 0.6) is 0 Å². The highest BCUT2D eigenvalue weighted by molar-refractivity contribution is 5.40. The Balaban J connectivity index is 0.000000361. The molecular weight excluding hydrogens is 256 g/mol. The Hall–Kier alpha value is -0.860. The Morgan fingerprint density at radius 1 is 1.19 bits per heavy atom. The van der Waals surface area contributed by atoms with E-state index in [1.165, 1.54) is 61.9 Å². The molecule has 2 N–H and O–H groups in total. The third-order valence-electron chi connectivity index (χ3n) is 5.32. The number of nitrogens with zero attached hydrogens (tertiary/aromatic N) is 1. The van der Waals surface area contributed by atoms with Crippen molar-refractivity contribution in [3.8, 4) is 0 Å². The van der Waals surface area contributed by atoms with Crippen LogP contribution in [0.15, 0.2) is 18.2 Å². The van der Waals surface area contributed by atoms with Crippen molar-refractivity contribution in [2.75, 3.05) is 20.1 Å². The Kier molecular flexibility index (Phi) is 5.45. The number of hydrogen-bond donors (Lipinski definition) is 1. The molecule has 21 heavy (non-hydrogen) atoms. The molecule has 0 radical (unpaired) electrons. The molecule has 1 saturated heterocycles. The quantitative estimate of drug-likeness (QED) is 0.844. The van der Waals surface area contributed by atoms with Gasteiger partial charge in [0.2, 0.25) is 0 Å². The predicted molar refractivity (Wildman–Crippen MR) is 91.6 cm³/mol. The summed E-state index contributed by atoms with van der Waals surface area (Å²) in [5, 5.41) is 0. The molecule has 1 aliphatic heterocycles. The molecule has 118 valence electrons. The summed E-state index contributed by atoms with van der Waals surface area (Å²) in [6.45, 7) is 8.91. The van der Waals surface area contributed by atoms with Crippen LogP contribution >= 0.6 is 0 Å². The van der Waals surface area contributed by atoms with Crippen LogP contribution in [0.4, 0.5) is 0 Å². The second-order valence-corrected chi connectivity index (χ2v) is 7.02. The minimum absolute atomic E-state index is 0.256. The molecule has 0 amide bonds. The summed E-state index contributed by atoms with van der Waals surface area (Å²) in [5.41, 5.74) is 11.1. The van der Waals surface area contributed by atoms with E-state index < -0.39 is 0 Å². The number of piperidine rings is 1. The van der Waals surface area contributed by atoms with Gasteiger partial charge in [0, 0.05) is 6.04 Å². The molecule has 0 saturated carbocycles. The fourth-order valence-corrected chi connectivity index (χ4v) is 3.54. The van der Waals surface area contributed by atoms with Crippen molar-refractivity contribution < 1.29 is 0 Å². The van der Waals surface area contributed by atoms with Crippen LogP contribution in [0.25, 0.3) is 0 Å². The summed E-state index contributed by atoms with van der Waals surface area (Å²) >= 11 is 0. The summed E-state index contributed by atoms with van der Waals surface area (Å²) in [7, 11) is 2.21. The zero-order valence-electron chi connectivity index (χ0n) is 14.3.